The highest BCUT2D eigenvalue weighted by Crippen LogP contribution is 2.29. The molecule has 0 radical (unpaired) electrons. The lowest BCUT2D eigenvalue weighted by Gasteiger charge is -2.10. The number of benzene rings is 2. The van der Waals surface area contributed by atoms with Crippen molar-refractivity contribution in [3.05, 3.63) is 76.7 Å². The first kappa shape index (κ1) is 15.2. The van der Waals surface area contributed by atoms with E-state index in [-0.39, 0.29) is 5.56 Å². The van der Waals surface area contributed by atoms with E-state index in [1.54, 1.807) is 7.11 Å². The van der Waals surface area contributed by atoms with E-state index >= 15 is 0 Å². The van der Waals surface area contributed by atoms with Crippen molar-refractivity contribution < 1.29 is 4.74 Å². The van der Waals surface area contributed by atoms with Gasteiger partial charge >= 0.3 is 0 Å². The molecule has 0 unspecified atom stereocenters. The third-order valence-electron chi connectivity index (χ3n) is 4.17. The van der Waals surface area contributed by atoms with Gasteiger partial charge in [0, 0.05) is 17.3 Å². The molecule has 2 aromatic carbocycles. The predicted molar refractivity (Wildman–Crippen MR) is 98.0 cm³/mol. The highest BCUT2D eigenvalue weighted by molar-refractivity contribution is 5.81. The van der Waals surface area contributed by atoms with Crippen molar-refractivity contribution in [1.82, 2.24) is 14.6 Å². The average Bonchev–Trinajstić information content (AvgIpc) is 3.03. The van der Waals surface area contributed by atoms with Crippen LogP contribution in [0.25, 0.3) is 28.0 Å². The second-order valence-electron chi connectivity index (χ2n) is 5.87. The second-order valence-corrected chi connectivity index (χ2v) is 5.87. The standard InChI is InChI=1S/C20H17N3O2/c1-13-12-17-21-19(15-6-4-3-5-7-15)18(20(24)23(17)22-13)14-8-10-16(25-2)11-9-14/h3-12,22H,1-2H3. The maximum absolute atomic E-state index is 13.2. The van der Waals surface area contributed by atoms with Crippen molar-refractivity contribution in [2.24, 2.45) is 0 Å². The third kappa shape index (κ3) is 2.59. The molecule has 25 heavy (non-hydrogen) atoms. The molecule has 0 fully saturated rings. The molecule has 0 spiro atoms. The fraction of sp³-hybridized carbons (Fsp3) is 0.100. The van der Waals surface area contributed by atoms with Crippen LogP contribution < -0.4 is 10.3 Å². The van der Waals surface area contributed by atoms with E-state index in [1.165, 1.54) is 4.52 Å². The minimum absolute atomic E-state index is 0.123. The van der Waals surface area contributed by atoms with Crippen LogP contribution >= 0.6 is 0 Å². The van der Waals surface area contributed by atoms with Gasteiger partial charge < -0.3 is 4.74 Å². The summed E-state index contributed by atoms with van der Waals surface area (Å²) in [6, 6.07) is 19.1. The first-order valence-corrected chi connectivity index (χ1v) is 7.99. The fourth-order valence-corrected chi connectivity index (χ4v) is 2.97. The molecule has 2 aromatic heterocycles. The summed E-state index contributed by atoms with van der Waals surface area (Å²) in [4.78, 5) is 17.9. The molecule has 124 valence electrons. The Morgan fingerprint density at radius 3 is 2.40 bits per heavy atom. The maximum atomic E-state index is 13.2. The molecule has 5 nitrogen and oxygen atoms in total. The number of H-pyrrole nitrogens is 1. The summed E-state index contributed by atoms with van der Waals surface area (Å²) in [5, 5.41) is 3.06. The SMILES string of the molecule is COc1ccc(-c2c(-c3ccccc3)nc3cc(C)[nH]n3c2=O)cc1. The van der Waals surface area contributed by atoms with E-state index in [2.05, 4.69) is 5.10 Å². The summed E-state index contributed by atoms with van der Waals surface area (Å²) in [7, 11) is 1.62. The molecule has 4 rings (SSSR count). The zero-order valence-electron chi connectivity index (χ0n) is 14.0. The Bertz CT molecular complexity index is 1090. The molecule has 0 amide bonds. The number of hydrogen-bond donors (Lipinski definition) is 1. The number of aromatic amines is 1. The quantitative estimate of drug-likeness (QED) is 0.623. The van der Waals surface area contributed by atoms with Crippen LogP contribution in [0, 0.1) is 6.92 Å². The highest BCUT2D eigenvalue weighted by atomic mass is 16.5. The summed E-state index contributed by atoms with van der Waals surface area (Å²) in [5.41, 5.74) is 4.32. The molecule has 0 saturated heterocycles. The molecular weight excluding hydrogens is 314 g/mol. The van der Waals surface area contributed by atoms with Gasteiger partial charge in [-0.05, 0) is 24.6 Å². The van der Waals surface area contributed by atoms with Crippen LogP contribution in [0.3, 0.4) is 0 Å². The molecule has 2 heterocycles. The Kier molecular flexibility index (Phi) is 3.61. The molecule has 0 saturated carbocycles. The lowest BCUT2D eigenvalue weighted by atomic mass is 10.0. The Morgan fingerprint density at radius 2 is 1.72 bits per heavy atom. The first-order chi connectivity index (χ1) is 12.2. The summed E-state index contributed by atoms with van der Waals surface area (Å²) in [6.45, 7) is 1.91. The van der Waals surface area contributed by atoms with Crippen LogP contribution in [-0.4, -0.2) is 21.7 Å². The maximum Gasteiger partial charge on any atom is 0.281 e. The zero-order chi connectivity index (χ0) is 17.4. The van der Waals surface area contributed by atoms with Crippen LogP contribution in [0.4, 0.5) is 0 Å². The minimum Gasteiger partial charge on any atom is -0.497 e. The molecule has 0 aliphatic rings. The van der Waals surface area contributed by atoms with Crippen LogP contribution in [0.2, 0.25) is 0 Å². The molecule has 4 aromatic rings. The van der Waals surface area contributed by atoms with Gasteiger partial charge in [-0.2, -0.15) is 0 Å². The van der Waals surface area contributed by atoms with Crippen molar-refractivity contribution in [3.63, 3.8) is 0 Å². The van der Waals surface area contributed by atoms with Crippen LogP contribution in [0.5, 0.6) is 5.75 Å². The van der Waals surface area contributed by atoms with E-state index in [1.807, 2.05) is 67.6 Å². The Balaban J connectivity index is 2.06. The van der Waals surface area contributed by atoms with Crippen LogP contribution in [0.15, 0.2) is 65.5 Å². The zero-order valence-corrected chi connectivity index (χ0v) is 14.0. The van der Waals surface area contributed by atoms with Gasteiger partial charge in [0.25, 0.3) is 5.56 Å². The van der Waals surface area contributed by atoms with Gasteiger partial charge in [-0.3, -0.25) is 9.89 Å². The van der Waals surface area contributed by atoms with E-state index in [0.717, 1.165) is 22.6 Å². The predicted octanol–water partition coefficient (Wildman–Crippen LogP) is 3.67. The molecule has 0 bridgehead atoms. The summed E-state index contributed by atoms with van der Waals surface area (Å²) in [5.74, 6) is 0.745. The minimum atomic E-state index is -0.123. The Hall–Kier alpha value is -3.34. The lowest BCUT2D eigenvalue weighted by Crippen LogP contribution is -2.18. The van der Waals surface area contributed by atoms with Gasteiger partial charge in [0.15, 0.2) is 5.65 Å². The molecule has 0 atom stereocenters. The lowest BCUT2D eigenvalue weighted by molar-refractivity contribution is 0.415. The van der Waals surface area contributed by atoms with Crippen molar-refractivity contribution in [2.45, 2.75) is 6.92 Å². The number of nitrogens with one attached hydrogen (secondary N) is 1. The number of nitrogens with zero attached hydrogens (tertiary/aromatic N) is 2. The Morgan fingerprint density at radius 1 is 1.00 bits per heavy atom. The van der Waals surface area contributed by atoms with Crippen molar-refractivity contribution >= 4 is 5.65 Å². The van der Waals surface area contributed by atoms with Crippen molar-refractivity contribution in [2.75, 3.05) is 7.11 Å². The van der Waals surface area contributed by atoms with E-state index in [0.29, 0.717) is 16.9 Å². The first-order valence-electron chi connectivity index (χ1n) is 7.99. The molecule has 1 N–H and O–H groups in total. The average molecular weight is 331 g/mol. The number of hydrogen-bond acceptors (Lipinski definition) is 3. The van der Waals surface area contributed by atoms with Gasteiger partial charge in [-0.15, -0.1) is 0 Å². The van der Waals surface area contributed by atoms with Crippen LogP contribution in [-0.2, 0) is 0 Å². The number of ether oxygens (including phenoxy) is 1. The van der Waals surface area contributed by atoms with Gasteiger partial charge in [0.1, 0.15) is 5.75 Å². The summed E-state index contributed by atoms with van der Waals surface area (Å²) >= 11 is 0. The molecule has 0 aliphatic carbocycles. The normalized spacial score (nSPS) is 11.0. The smallest absolute Gasteiger partial charge is 0.281 e. The van der Waals surface area contributed by atoms with Gasteiger partial charge in [0.05, 0.1) is 18.4 Å². The topological polar surface area (TPSA) is 59.4 Å². The number of aromatic nitrogens is 3. The number of rotatable bonds is 3. The summed E-state index contributed by atoms with van der Waals surface area (Å²) in [6.07, 6.45) is 0. The summed E-state index contributed by atoms with van der Waals surface area (Å²) < 4.78 is 6.71. The largest absolute Gasteiger partial charge is 0.497 e. The number of methoxy groups -OCH3 is 1. The van der Waals surface area contributed by atoms with Crippen LogP contribution in [0.1, 0.15) is 5.69 Å². The third-order valence-corrected chi connectivity index (χ3v) is 4.17. The monoisotopic (exact) mass is 331 g/mol. The molecule has 0 aliphatic heterocycles. The van der Waals surface area contributed by atoms with Crippen molar-refractivity contribution in [1.29, 1.82) is 0 Å². The van der Waals surface area contributed by atoms with Gasteiger partial charge in [-0.1, -0.05) is 42.5 Å². The molecule has 5 heteroatoms. The van der Waals surface area contributed by atoms with E-state index in [9.17, 15) is 4.79 Å². The van der Waals surface area contributed by atoms with Gasteiger partial charge in [-0.25, -0.2) is 9.50 Å². The highest BCUT2D eigenvalue weighted by Gasteiger charge is 2.17. The Labute approximate surface area is 144 Å². The van der Waals surface area contributed by atoms with E-state index in [4.69, 9.17) is 9.72 Å². The number of fused-ring (bicyclic) bond motifs is 1. The molecular formula is C20H17N3O2. The second kappa shape index (κ2) is 5.94. The van der Waals surface area contributed by atoms with E-state index < -0.39 is 0 Å². The number of aryl methyl sites for hydroxylation is 1. The fourth-order valence-electron chi connectivity index (χ4n) is 2.97. The van der Waals surface area contributed by atoms with Gasteiger partial charge in [0.2, 0.25) is 0 Å². The van der Waals surface area contributed by atoms with Crippen molar-refractivity contribution in [3.8, 4) is 28.1 Å².